The average Bonchev–Trinajstić information content (AvgIpc) is 2.57. The summed E-state index contributed by atoms with van der Waals surface area (Å²) in [4.78, 5) is 15.5. The Hall–Kier alpha value is -2.80. The molecule has 7 nitrogen and oxygen atoms in total. The van der Waals surface area contributed by atoms with Crippen molar-refractivity contribution in [2.24, 2.45) is 5.73 Å². The van der Waals surface area contributed by atoms with Crippen molar-refractivity contribution in [3.63, 3.8) is 0 Å². The molecule has 1 amide bonds. The molecule has 0 aliphatic heterocycles. The molecule has 1 heterocycles. The SMILES string of the molecule is COc1ccc(CCOCc2ccc(C(C)(C)C)c(OC(N)=O)n2)cc1N. The van der Waals surface area contributed by atoms with Gasteiger partial charge >= 0.3 is 6.09 Å². The third-order valence-electron chi connectivity index (χ3n) is 4.00. The molecule has 7 heteroatoms. The number of nitrogens with zero attached hydrogens (tertiary/aromatic N) is 1. The summed E-state index contributed by atoms with van der Waals surface area (Å²) >= 11 is 0. The number of ether oxygens (including phenoxy) is 3. The Kier molecular flexibility index (Phi) is 6.63. The first kappa shape index (κ1) is 20.5. The van der Waals surface area contributed by atoms with E-state index in [1.807, 2.05) is 51.1 Å². The fourth-order valence-corrected chi connectivity index (χ4v) is 2.61. The number of anilines is 1. The molecule has 0 bridgehead atoms. The molecule has 0 aliphatic carbocycles. The number of benzene rings is 1. The molecule has 0 aliphatic rings. The number of primary amides is 1. The number of methoxy groups -OCH3 is 1. The highest BCUT2D eigenvalue weighted by Crippen LogP contribution is 2.30. The summed E-state index contributed by atoms with van der Waals surface area (Å²) in [5.41, 5.74) is 14.0. The van der Waals surface area contributed by atoms with E-state index in [1.54, 1.807) is 7.11 Å². The molecule has 146 valence electrons. The standard InChI is InChI=1S/C20H27N3O4/c1-20(2,3)15-7-6-14(23-18(15)27-19(22)24)12-26-10-9-13-5-8-17(25-4)16(21)11-13/h5-8,11H,9-10,12,21H2,1-4H3,(H2,22,24). The maximum atomic E-state index is 11.2. The number of hydrogen-bond acceptors (Lipinski definition) is 6. The van der Waals surface area contributed by atoms with E-state index in [1.165, 1.54) is 0 Å². The van der Waals surface area contributed by atoms with E-state index in [0.29, 0.717) is 36.8 Å². The zero-order valence-electron chi connectivity index (χ0n) is 16.2. The van der Waals surface area contributed by atoms with Gasteiger partial charge in [0.15, 0.2) is 0 Å². The Morgan fingerprint density at radius 1 is 1.19 bits per heavy atom. The van der Waals surface area contributed by atoms with Crippen LogP contribution in [0.15, 0.2) is 30.3 Å². The van der Waals surface area contributed by atoms with Crippen molar-refractivity contribution in [1.82, 2.24) is 4.98 Å². The number of carbonyl (C=O) groups excluding carboxylic acids is 1. The van der Waals surface area contributed by atoms with E-state index in [-0.39, 0.29) is 11.3 Å². The lowest BCUT2D eigenvalue weighted by Crippen LogP contribution is -2.21. The van der Waals surface area contributed by atoms with Crippen LogP contribution in [0.2, 0.25) is 0 Å². The highest BCUT2D eigenvalue weighted by Gasteiger charge is 2.21. The van der Waals surface area contributed by atoms with Gasteiger partial charge in [0, 0.05) is 5.56 Å². The third-order valence-corrected chi connectivity index (χ3v) is 4.00. The number of amides is 1. The van der Waals surface area contributed by atoms with Crippen LogP contribution in [0.4, 0.5) is 10.5 Å². The summed E-state index contributed by atoms with van der Waals surface area (Å²) in [6, 6.07) is 9.41. The van der Waals surface area contributed by atoms with Crippen LogP contribution in [0.25, 0.3) is 0 Å². The molecule has 0 spiro atoms. The van der Waals surface area contributed by atoms with Gasteiger partial charge < -0.3 is 25.7 Å². The molecular weight excluding hydrogens is 346 g/mol. The van der Waals surface area contributed by atoms with Crippen molar-refractivity contribution in [1.29, 1.82) is 0 Å². The number of nitrogens with two attached hydrogens (primary N) is 2. The van der Waals surface area contributed by atoms with E-state index in [9.17, 15) is 4.79 Å². The van der Waals surface area contributed by atoms with Gasteiger partial charge in [-0.3, -0.25) is 0 Å². The van der Waals surface area contributed by atoms with Gasteiger partial charge in [-0.1, -0.05) is 32.9 Å². The lowest BCUT2D eigenvalue weighted by atomic mass is 9.87. The molecule has 0 radical (unpaired) electrons. The molecule has 1 aromatic heterocycles. The predicted octanol–water partition coefficient (Wildman–Crippen LogP) is 3.19. The van der Waals surface area contributed by atoms with Crippen molar-refractivity contribution < 1.29 is 19.0 Å². The second kappa shape index (κ2) is 8.73. The lowest BCUT2D eigenvalue weighted by Gasteiger charge is -2.21. The summed E-state index contributed by atoms with van der Waals surface area (Å²) in [5.74, 6) is 0.879. The smallest absolute Gasteiger partial charge is 0.411 e. The number of pyridine rings is 1. The summed E-state index contributed by atoms with van der Waals surface area (Å²) in [7, 11) is 1.59. The second-order valence-electron chi connectivity index (χ2n) is 7.21. The summed E-state index contributed by atoms with van der Waals surface area (Å²) in [6.07, 6.45) is -0.179. The van der Waals surface area contributed by atoms with Gasteiger partial charge in [-0.15, -0.1) is 0 Å². The van der Waals surface area contributed by atoms with Crippen LogP contribution < -0.4 is 20.9 Å². The maximum absolute atomic E-state index is 11.2. The average molecular weight is 373 g/mol. The van der Waals surface area contributed by atoms with Crippen LogP contribution in [0.5, 0.6) is 11.6 Å². The Balaban J connectivity index is 1.97. The molecule has 0 saturated heterocycles. The van der Waals surface area contributed by atoms with Crippen LogP contribution in [-0.4, -0.2) is 24.8 Å². The Labute approximate surface area is 159 Å². The minimum atomic E-state index is -0.886. The van der Waals surface area contributed by atoms with Crippen molar-refractivity contribution in [3.05, 3.63) is 47.2 Å². The number of nitrogen functional groups attached to an aromatic ring is 1. The van der Waals surface area contributed by atoms with E-state index in [2.05, 4.69) is 4.98 Å². The highest BCUT2D eigenvalue weighted by molar-refractivity contribution is 5.68. The first-order chi connectivity index (χ1) is 12.7. The number of carbonyl (C=O) groups is 1. The third kappa shape index (κ3) is 5.86. The van der Waals surface area contributed by atoms with Gasteiger partial charge in [-0.2, -0.15) is 0 Å². The van der Waals surface area contributed by atoms with Gasteiger partial charge in [0.25, 0.3) is 0 Å². The Morgan fingerprint density at radius 2 is 1.93 bits per heavy atom. The number of aromatic nitrogens is 1. The fourth-order valence-electron chi connectivity index (χ4n) is 2.61. The normalized spacial score (nSPS) is 11.3. The Morgan fingerprint density at radius 3 is 2.52 bits per heavy atom. The van der Waals surface area contributed by atoms with E-state index in [0.717, 1.165) is 11.1 Å². The molecule has 2 aromatic rings. The molecule has 2 rings (SSSR count). The van der Waals surface area contributed by atoms with Crippen LogP contribution in [-0.2, 0) is 23.2 Å². The number of rotatable bonds is 7. The summed E-state index contributed by atoms with van der Waals surface area (Å²) in [5, 5.41) is 0. The maximum Gasteiger partial charge on any atom is 0.411 e. The monoisotopic (exact) mass is 373 g/mol. The quantitative estimate of drug-likeness (QED) is 0.570. The van der Waals surface area contributed by atoms with E-state index >= 15 is 0 Å². The molecule has 0 saturated carbocycles. The summed E-state index contributed by atoms with van der Waals surface area (Å²) in [6.45, 7) is 6.82. The minimum Gasteiger partial charge on any atom is -0.495 e. The molecule has 0 unspecified atom stereocenters. The molecule has 4 N–H and O–H groups in total. The topological polar surface area (TPSA) is 110 Å². The number of hydrogen-bond donors (Lipinski definition) is 2. The van der Waals surface area contributed by atoms with Crippen molar-refractivity contribution >= 4 is 11.8 Å². The van der Waals surface area contributed by atoms with Crippen molar-refractivity contribution in [2.45, 2.75) is 39.2 Å². The van der Waals surface area contributed by atoms with Gasteiger partial charge in [0.2, 0.25) is 5.88 Å². The van der Waals surface area contributed by atoms with Gasteiger partial charge in [0.05, 0.1) is 31.7 Å². The lowest BCUT2D eigenvalue weighted by molar-refractivity contribution is 0.120. The van der Waals surface area contributed by atoms with Crippen LogP contribution in [0, 0.1) is 0 Å². The highest BCUT2D eigenvalue weighted by atomic mass is 16.6. The van der Waals surface area contributed by atoms with Crippen LogP contribution >= 0.6 is 0 Å². The Bertz CT molecular complexity index is 800. The van der Waals surface area contributed by atoms with E-state index < -0.39 is 6.09 Å². The molecule has 0 fully saturated rings. The molecule has 27 heavy (non-hydrogen) atoms. The summed E-state index contributed by atoms with van der Waals surface area (Å²) < 4.78 is 15.9. The zero-order chi connectivity index (χ0) is 20.0. The van der Waals surface area contributed by atoms with Crippen molar-refractivity contribution in [3.8, 4) is 11.6 Å². The van der Waals surface area contributed by atoms with Gasteiger partial charge in [-0.25, -0.2) is 9.78 Å². The van der Waals surface area contributed by atoms with Gasteiger partial charge in [-0.05, 0) is 35.6 Å². The first-order valence-corrected chi connectivity index (χ1v) is 8.68. The fraction of sp³-hybridized carbons (Fsp3) is 0.400. The predicted molar refractivity (Wildman–Crippen MR) is 104 cm³/mol. The van der Waals surface area contributed by atoms with Gasteiger partial charge in [0.1, 0.15) is 5.75 Å². The second-order valence-corrected chi connectivity index (χ2v) is 7.21. The van der Waals surface area contributed by atoms with Crippen LogP contribution in [0.1, 0.15) is 37.6 Å². The molecule has 1 aromatic carbocycles. The van der Waals surface area contributed by atoms with E-state index in [4.69, 9.17) is 25.7 Å². The minimum absolute atomic E-state index is 0.221. The largest absolute Gasteiger partial charge is 0.495 e. The zero-order valence-corrected chi connectivity index (χ0v) is 16.2. The van der Waals surface area contributed by atoms with Crippen molar-refractivity contribution in [2.75, 3.05) is 19.5 Å². The first-order valence-electron chi connectivity index (χ1n) is 8.68. The molecular formula is C20H27N3O4. The molecule has 0 atom stereocenters. The van der Waals surface area contributed by atoms with Crippen LogP contribution in [0.3, 0.4) is 0 Å².